The molecule has 1 aromatic heterocycles. The third-order valence-corrected chi connectivity index (χ3v) is 5.98. The predicted molar refractivity (Wildman–Crippen MR) is 133 cm³/mol. The van der Waals surface area contributed by atoms with Crippen molar-refractivity contribution in [2.75, 3.05) is 44.8 Å². The van der Waals surface area contributed by atoms with E-state index in [1.165, 1.54) is 4.57 Å². The molecule has 1 fully saturated rings. The van der Waals surface area contributed by atoms with E-state index in [9.17, 15) is 14.4 Å². The van der Waals surface area contributed by atoms with Gasteiger partial charge >= 0.3 is 5.97 Å². The molecule has 1 aliphatic rings. The number of pyridine rings is 1. The molecule has 0 unspecified atom stereocenters. The highest BCUT2D eigenvalue weighted by Gasteiger charge is 2.29. The number of aryl methyl sites for hydroxylation is 1. The normalized spacial score (nSPS) is 13.4. The van der Waals surface area contributed by atoms with Crippen molar-refractivity contribution in [3.63, 3.8) is 0 Å². The molecule has 0 spiro atoms. The van der Waals surface area contributed by atoms with Crippen LogP contribution < -0.4 is 15.2 Å². The molecule has 0 aliphatic carbocycles. The number of amides is 1. The van der Waals surface area contributed by atoms with E-state index < -0.39 is 5.97 Å². The molecule has 1 amide bonds. The van der Waals surface area contributed by atoms with Crippen LogP contribution in [0.2, 0.25) is 0 Å². The number of anilines is 1. The van der Waals surface area contributed by atoms with Crippen molar-refractivity contribution >= 4 is 28.5 Å². The summed E-state index contributed by atoms with van der Waals surface area (Å²) >= 11 is 0. The summed E-state index contributed by atoms with van der Waals surface area (Å²) in [7, 11) is 3.24. The lowest BCUT2D eigenvalue weighted by molar-refractivity contribution is 0.0523. The van der Waals surface area contributed by atoms with Crippen LogP contribution >= 0.6 is 0 Å². The zero-order valence-electron chi connectivity index (χ0n) is 19.0. The SMILES string of the molecule is C.CCOC(=O)c1c(N2CCN(C(=O)c3ccc(OC)cc3)CC2)c2ccccc2n(C)c1=O. The number of para-hydroxylation sites is 1. The lowest BCUT2D eigenvalue weighted by Gasteiger charge is -2.37. The Morgan fingerprint density at radius 3 is 2.24 bits per heavy atom. The molecule has 34 heavy (non-hydrogen) atoms. The molecule has 1 saturated heterocycles. The van der Waals surface area contributed by atoms with E-state index in [1.54, 1.807) is 50.2 Å². The number of carbonyl (C=O) groups excluding carboxylic acids is 2. The van der Waals surface area contributed by atoms with Crippen molar-refractivity contribution < 1.29 is 19.1 Å². The molecule has 8 heteroatoms. The second-order valence-electron chi connectivity index (χ2n) is 7.83. The van der Waals surface area contributed by atoms with E-state index in [4.69, 9.17) is 9.47 Å². The van der Waals surface area contributed by atoms with Crippen LogP contribution in [0.1, 0.15) is 35.1 Å². The van der Waals surface area contributed by atoms with E-state index in [0.717, 1.165) is 10.9 Å². The van der Waals surface area contributed by atoms with Crippen molar-refractivity contribution in [2.45, 2.75) is 14.4 Å². The van der Waals surface area contributed by atoms with Gasteiger partial charge in [0, 0.05) is 44.2 Å². The first kappa shape index (κ1) is 24.8. The molecule has 0 saturated carbocycles. The van der Waals surface area contributed by atoms with Crippen LogP contribution in [0, 0.1) is 0 Å². The van der Waals surface area contributed by atoms with Crippen LogP contribution in [0.5, 0.6) is 5.75 Å². The zero-order chi connectivity index (χ0) is 23.5. The van der Waals surface area contributed by atoms with Crippen molar-refractivity contribution in [1.29, 1.82) is 0 Å². The van der Waals surface area contributed by atoms with Gasteiger partial charge in [-0.1, -0.05) is 25.6 Å². The Labute approximate surface area is 199 Å². The highest BCUT2D eigenvalue weighted by Crippen LogP contribution is 2.30. The van der Waals surface area contributed by atoms with Gasteiger partial charge in [-0.25, -0.2) is 4.79 Å². The molecule has 0 radical (unpaired) electrons. The van der Waals surface area contributed by atoms with Gasteiger partial charge in [0.25, 0.3) is 11.5 Å². The molecule has 1 aliphatic heterocycles. The molecule has 0 atom stereocenters. The number of piperazine rings is 1. The van der Waals surface area contributed by atoms with Crippen LogP contribution in [0.3, 0.4) is 0 Å². The van der Waals surface area contributed by atoms with Crippen molar-refractivity contribution in [3.05, 3.63) is 70.0 Å². The number of benzene rings is 2. The summed E-state index contributed by atoms with van der Waals surface area (Å²) in [5.41, 5.74) is 1.55. The molecule has 4 rings (SSSR count). The highest BCUT2D eigenvalue weighted by atomic mass is 16.5. The summed E-state index contributed by atoms with van der Waals surface area (Å²) < 4.78 is 11.9. The Hall–Kier alpha value is -3.81. The molecule has 2 heterocycles. The molecule has 0 N–H and O–H groups in total. The number of nitrogens with zero attached hydrogens (tertiary/aromatic N) is 3. The van der Waals surface area contributed by atoms with Crippen molar-refractivity contribution in [2.24, 2.45) is 7.05 Å². The molecule has 3 aromatic rings. The summed E-state index contributed by atoms with van der Waals surface area (Å²) in [6, 6.07) is 14.5. The Morgan fingerprint density at radius 2 is 1.62 bits per heavy atom. The quantitative estimate of drug-likeness (QED) is 0.538. The molecular formula is C26H31N3O5. The molecule has 2 aromatic carbocycles. The first-order valence-electron chi connectivity index (χ1n) is 10.9. The molecule has 8 nitrogen and oxygen atoms in total. The minimum absolute atomic E-state index is 0. The highest BCUT2D eigenvalue weighted by molar-refractivity contribution is 6.05. The molecule has 180 valence electrons. The number of ether oxygens (including phenoxy) is 2. The summed E-state index contributed by atoms with van der Waals surface area (Å²) in [6.07, 6.45) is 0. The van der Waals surface area contributed by atoms with Gasteiger partial charge < -0.3 is 23.8 Å². The lowest BCUT2D eigenvalue weighted by atomic mass is 10.1. The number of hydrogen-bond acceptors (Lipinski definition) is 6. The Morgan fingerprint density at radius 1 is 0.971 bits per heavy atom. The number of carbonyl (C=O) groups is 2. The van der Waals surface area contributed by atoms with Crippen LogP contribution in [0.25, 0.3) is 10.9 Å². The molecular weight excluding hydrogens is 434 g/mol. The van der Waals surface area contributed by atoms with Gasteiger partial charge in [-0.05, 0) is 37.3 Å². The van der Waals surface area contributed by atoms with E-state index >= 15 is 0 Å². The fourth-order valence-electron chi connectivity index (χ4n) is 4.24. The van der Waals surface area contributed by atoms with Gasteiger partial charge in [0.05, 0.1) is 24.9 Å². The largest absolute Gasteiger partial charge is 0.497 e. The van der Waals surface area contributed by atoms with E-state index in [0.29, 0.717) is 43.2 Å². The topological polar surface area (TPSA) is 81.1 Å². The number of hydrogen-bond donors (Lipinski definition) is 0. The van der Waals surface area contributed by atoms with Crippen LogP contribution in [0.15, 0.2) is 53.3 Å². The Balaban J connectivity index is 0.00000324. The second-order valence-corrected chi connectivity index (χ2v) is 7.83. The minimum atomic E-state index is -0.629. The summed E-state index contributed by atoms with van der Waals surface area (Å²) in [4.78, 5) is 42.7. The van der Waals surface area contributed by atoms with Gasteiger partial charge in [0.15, 0.2) is 0 Å². The van der Waals surface area contributed by atoms with Crippen molar-refractivity contribution in [1.82, 2.24) is 9.47 Å². The average Bonchev–Trinajstić information content (AvgIpc) is 2.86. The number of fused-ring (bicyclic) bond motifs is 1. The van der Waals surface area contributed by atoms with Gasteiger partial charge in [0.1, 0.15) is 11.3 Å². The number of methoxy groups -OCH3 is 1. The maximum absolute atomic E-state index is 13.1. The average molecular weight is 466 g/mol. The van der Waals surface area contributed by atoms with Crippen LogP contribution in [0.4, 0.5) is 5.69 Å². The van der Waals surface area contributed by atoms with Gasteiger partial charge in [-0.15, -0.1) is 0 Å². The first-order valence-corrected chi connectivity index (χ1v) is 10.9. The minimum Gasteiger partial charge on any atom is -0.497 e. The predicted octanol–water partition coefficient (Wildman–Crippen LogP) is 3.32. The van der Waals surface area contributed by atoms with Crippen LogP contribution in [-0.4, -0.2) is 61.2 Å². The van der Waals surface area contributed by atoms with Gasteiger partial charge in [-0.2, -0.15) is 0 Å². The molecule has 0 bridgehead atoms. The monoisotopic (exact) mass is 465 g/mol. The standard InChI is InChI=1S/C25H27N3O5.CH4/c1-4-33-25(31)21-22(19-7-5-6-8-20(19)26(2)24(21)30)27-13-15-28(16-14-27)23(29)17-9-11-18(32-3)12-10-17;/h5-12H,4,13-16H2,1-3H3;1H4. The van der Waals surface area contributed by atoms with Crippen molar-refractivity contribution in [3.8, 4) is 5.75 Å². The van der Waals surface area contributed by atoms with E-state index in [1.807, 2.05) is 29.2 Å². The van der Waals surface area contributed by atoms with Gasteiger partial charge in [0.2, 0.25) is 0 Å². The third kappa shape index (κ3) is 4.48. The first-order chi connectivity index (χ1) is 16.0. The summed E-state index contributed by atoms with van der Waals surface area (Å²) in [5, 5.41) is 0.803. The lowest BCUT2D eigenvalue weighted by Crippen LogP contribution is -2.49. The van der Waals surface area contributed by atoms with Crippen LogP contribution in [-0.2, 0) is 11.8 Å². The maximum Gasteiger partial charge on any atom is 0.345 e. The number of rotatable bonds is 5. The smallest absolute Gasteiger partial charge is 0.345 e. The van der Waals surface area contributed by atoms with E-state index in [-0.39, 0.29) is 31.1 Å². The Kier molecular flexibility index (Phi) is 7.61. The van der Waals surface area contributed by atoms with Gasteiger partial charge in [-0.3, -0.25) is 9.59 Å². The summed E-state index contributed by atoms with van der Waals surface area (Å²) in [6.45, 7) is 3.81. The second kappa shape index (κ2) is 10.4. The summed E-state index contributed by atoms with van der Waals surface area (Å²) in [5.74, 6) is 0.00717. The number of esters is 1. The zero-order valence-corrected chi connectivity index (χ0v) is 19.0. The van der Waals surface area contributed by atoms with E-state index in [2.05, 4.69) is 0 Å². The number of aromatic nitrogens is 1. The maximum atomic E-state index is 13.1. The Bertz CT molecular complexity index is 1240. The fourth-order valence-corrected chi connectivity index (χ4v) is 4.24. The third-order valence-electron chi connectivity index (χ3n) is 5.98. The fraction of sp³-hybridized carbons (Fsp3) is 0.346.